The number of halogens is 1. The van der Waals surface area contributed by atoms with Gasteiger partial charge in [0, 0.05) is 23.4 Å². The fourth-order valence-electron chi connectivity index (χ4n) is 4.65. The van der Waals surface area contributed by atoms with Crippen LogP contribution in [0.2, 0.25) is 0 Å². The number of amides is 1. The lowest BCUT2D eigenvalue weighted by Crippen LogP contribution is -2.32. The van der Waals surface area contributed by atoms with Gasteiger partial charge < -0.3 is 0 Å². The predicted molar refractivity (Wildman–Crippen MR) is 118 cm³/mol. The SMILES string of the molecule is CC1(C)C(=O)N(c2cc(Cc3n[nH]c(=O)c4ccccc34)ccc2F)C2=CC=CCC21. The Bertz CT molecular complexity index is 1340. The Morgan fingerprint density at radius 3 is 2.74 bits per heavy atom. The Morgan fingerprint density at radius 2 is 1.94 bits per heavy atom. The molecule has 3 aromatic rings. The van der Waals surface area contributed by atoms with Crippen LogP contribution in [0.4, 0.5) is 10.1 Å². The van der Waals surface area contributed by atoms with Crippen molar-refractivity contribution < 1.29 is 9.18 Å². The zero-order chi connectivity index (χ0) is 21.8. The topological polar surface area (TPSA) is 66.1 Å². The fraction of sp³-hybridized carbons (Fsp3) is 0.240. The van der Waals surface area contributed by atoms with Crippen LogP contribution < -0.4 is 10.5 Å². The predicted octanol–water partition coefficient (Wildman–Crippen LogP) is 4.49. The highest BCUT2D eigenvalue weighted by molar-refractivity contribution is 6.04. The molecule has 1 unspecified atom stereocenters. The molecule has 1 aliphatic heterocycles. The summed E-state index contributed by atoms with van der Waals surface area (Å²) in [4.78, 5) is 26.9. The lowest BCUT2D eigenvalue weighted by atomic mass is 9.77. The second-order valence-electron chi connectivity index (χ2n) is 8.68. The number of anilines is 1. The smallest absolute Gasteiger partial charge is 0.272 e. The maximum atomic E-state index is 14.9. The summed E-state index contributed by atoms with van der Waals surface area (Å²) < 4.78 is 14.9. The largest absolute Gasteiger partial charge is 0.281 e. The summed E-state index contributed by atoms with van der Waals surface area (Å²) in [7, 11) is 0. The molecule has 0 spiro atoms. The molecular formula is C25H22FN3O2. The summed E-state index contributed by atoms with van der Waals surface area (Å²) in [6.07, 6.45) is 7.04. The minimum absolute atomic E-state index is 0.0258. The zero-order valence-electron chi connectivity index (χ0n) is 17.4. The lowest BCUT2D eigenvalue weighted by molar-refractivity contribution is -0.125. The van der Waals surface area contributed by atoms with Crippen molar-refractivity contribution in [2.24, 2.45) is 11.3 Å². The van der Waals surface area contributed by atoms with Crippen LogP contribution in [0.1, 0.15) is 31.5 Å². The highest BCUT2D eigenvalue weighted by atomic mass is 19.1. The summed E-state index contributed by atoms with van der Waals surface area (Å²) in [6.45, 7) is 3.84. The number of H-pyrrole nitrogens is 1. The van der Waals surface area contributed by atoms with Crippen molar-refractivity contribution in [2.75, 3.05) is 4.90 Å². The third-order valence-electron chi connectivity index (χ3n) is 6.41. The number of hydrogen-bond acceptors (Lipinski definition) is 3. The van der Waals surface area contributed by atoms with Gasteiger partial charge in [-0.2, -0.15) is 5.10 Å². The summed E-state index contributed by atoms with van der Waals surface area (Å²) >= 11 is 0. The molecule has 1 N–H and O–H groups in total. The van der Waals surface area contributed by atoms with Crippen LogP contribution in [0, 0.1) is 17.2 Å². The third-order valence-corrected chi connectivity index (χ3v) is 6.41. The molecule has 5 nitrogen and oxygen atoms in total. The van der Waals surface area contributed by atoms with Crippen LogP contribution in [-0.2, 0) is 11.2 Å². The van der Waals surface area contributed by atoms with Crippen molar-refractivity contribution in [1.82, 2.24) is 10.2 Å². The Balaban J connectivity index is 1.58. The molecule has 1 fully saturated rings. The highest BCUT2D eigenvalue weighted by Crippen LogP contribution is 2.49. The van der Waals surface area contributed by atoms with Gasteiger partial charge in [0.25, 0.3) is 5.56 Å². The molecule has 31 heavy (non-hydrogen) atoms. The zero-order valence-corrected chi connectivity index (χ0v) is 17.4. The van der Waals surface area contributed by atoms with E-state index in [9.17, 15) is 14.0 Å². The highest BCUT2D eigenvalue weighted by Gasteiger charge is 2.51. The Kier molecular flexibility index (Phi) is 4.39. The molecule has 2 aromatic carbocycles. The molecule has 1 atom stereocenters. The van der Waals surface area contributed by atoms with Gasteiger partial charge in [0.15, 0.2) is 0 Å². The van der Waals surface area contributed by atoms with Gasteiger partial charge in [-0.1, -0.05) is 50.3 Å². The third kappa shape index (κ3) is 3.02. The summed E-state index contributed by atoms with van der Waals surface area (Å²) in [5, 5.41) is 8.08. The van der Waals surface area contributed by atoms with Crippen LogP contribution in [0.25, 0.3) is 10.8 Å². The summed E-state index contributed by atoms with van der Waals surface area (Å²) in [5.74, 6) is -0.516. The van der Waals surface area contributed by atoms with E-state index in [2.05, 4.69) is 10.2 Å². The van der Waals surface area contributed by atoms with E-state index < -0.39 is 11.2 Å². The molecule has 2 aliphatic rings. The van der Waals surface area contributed by atoms with Gasteiger partial charge in [-0.05, 0) is 36.3 Å². The fourth-order valence-corrected chi connectivity index (χ4v) is 4.65. The Morgan fingerprint density at radius 1 is 1.16 bits per heavy atom. The van der Waals surface area contributed by atoms with Crippen molar-refractivity contribution in [1.29, 1.82) is 0 Å². The molecule has 0 saturated carbocycles. The first-order valence-electron chi connectivity index (χ1n) is 10.3. The van der Waals surface area contributed by atoms with Gasteiger partial charge in [-0.25, -0.2) is 9.49 Å². The molecule has 5 rings (SSSR count). The van der Waals surface area contributed by atoms with Crippen LogP contribution in [0.5, 0.6) is 0 Å². The number of carbonyl (C=O) groups is 1. The maximum Gasteiger partial charge on any atom is 0.272 e. The number of allylic oxidation sites excluding steroid dienone is 4. The van der Waals surface area contributed by atoms with Crippen molar-refractivity contribution >= 4 is 22.4 Å². The number of aromatic amines is 1. The lowest BCUT2D eigenvalue weighted by Gasteiger charge is -2.24. The number of rotatable bonds is 3. The molecule has 0 bridgehead atoms. The van der Waals surface area contributed by atoms with E-state index in [1.807, 2.05) is 44.2 Å². The molecule has 1 saturated heterocycles. The van der Waals surface area contributed by atoms with E-state index >= 15 is 0 Å². The van der Waals surface area contributed by atoms with Gasteiger partial charge in [0.1, 0.15) is 5.82 Å². The first-order chi connectivity index (χ1) is 14.9. The van der Waals surface area contributed by atoms with E-state index in [-0.39, 0.29) is 23.1 Å². The Hall–Kier alpha value is -3.54. The van der Waals surface area contributed by atoms with Gasteiger partial charge in [-0.15, -0.1) is 0 Å². The minimum atomic E-state index is -0.601. The number of aromatic nitrogens is 2. The van der Waals surface area contributed by atoms with Crippen molar-refractivity contribution in [3.8, 4) is 0 Å². The number of fused-ring (bicyclic) bond motifs is 2. The van der Waals surface area contributed by atoms with Gasteiger partial charge >= 0.3 is 0 Å². The second kappa shape index (κ2) is 7.01. The van der Waals surface area contributed by atoms with Gasteiger partial charge in [0.2, 0.25) is 5.91 Å². The number of carbonyl (C=O) groups excluding carboxylic acids is 1. The molecule has 1 aromatic heterocycles. The monoisotopic (exact) mass is 415 g/mol. The summed E-state index contributed by atoms with van der Waals surface area (Å²) in [6, 6.07) is 12.1. The first-order valence-corrected chi connectivity index (χ1v) is 10.3. The standard InChI is InChI=1S/C25H22FN3O2/c1-25(2)18-9-5-6-10-21(18)29(24(25)31)22-14-15(11-12-19(22)26)13-20-16-7-3-4-8-17(16)23(30)28-27-20/h3-8,10-12,14,18H,9,13H2,1-2H3,(H,28,30). The van der Waals surface area contributed by atoms with Crippen molar-refractivity contribution in [3.63, 3.8) is 0 Å². The average Bonchev–Trinajstić information content (AvgIpc) is 2.98. The van der Waals surface area contributed by atoms with E-state index in [4.69, 9.17) is 0 Å². The summed E-state index contributed by atoms with van der Waals surface area (Å²) in [5.41, 5.74) is 1.75. The normalized spacial score (nSPS) is 19.6. The maximum absolute atomic E-state index is 14.9. The molecule has 1 amide bonds. The van der Waals surface area contributed by atoms with E-state index in [0.29, 0.717) is 17.5 Å². The molecule has 2 heterocycles. The van der Waals surface area contributed by atoms with Crippen LogP contribution in [-0.4, -0.2) is 16.1 Å². The van der Waals surface area contributed by atoms with Gasteiger partial charge in [0.05, 0.1) is 22.2 Å². The van der Waals surface area contributed by atoms with Crippen molar-refractivity contribution in [3.05, 3.63) is 93.8 Å². The quantitative estimate of drug-likeness (QED) is 0.686. The molecule has 156 valence electrons. The van der Waals surface area contributed by atoms with Crippen LogP contribution >= 0.6 is 0 Å². The number of nitrogens with zero attached hydrogens (tertiary/aromatic N) is 2. The number of benzene rings is 2. The number of hydrogen-bond donors (Lipinski definition) is 1. The second-order valence-corrected chi connectivity index (χ2v) is 8.68. The molecular weight excluding hydrogens is 393 g/mol. The van der Waals surface area contributed by atoms with E-state index in [0.717, 1.165) is 23.1 Å². The molecule has 6 heteroatoms. The Labute approximate surface area is 178 Å². The first kappa shape index (κ1) is 19.4. The minimum Gasteiger partial charge on any atom is -0.281 e. The average molecular weight is 415 g/mol. The van der Waals surface area contributed by atoms with Crippen LogP contribution in [0.15, 0.2) is 71.2 Å². The van der Waals surface area contributed by atoms with Gasteiger partial charge in [-0.3, -0.25) is 14.5 Å². The van der Waals surface area contributed by atoms with E-state index in [1.165, 1.54) is 11.0 Å². The van der Waals surface area contributed by atoms with E-state index in [1.54, 1.807) is 24.3 Å². The van der Waals surface area contributed by atoms with Crippen molar-refractivity contribution in [2.45, 2.75) is 26.7 Å². The molecule has 0 radical (unpaired) electrons. The number of nitrogens with one attached hydrogen (secondary N) is 1. The van der Waals surface area contributed by atoms with Crippen LogP contribution in [0.3, 0.4) is 0 Å². The molecule has 1 aliphatic carbocycles.